The summed E-state index contributed by atoms with van der Waals surface area (Å²) in [5.41, 5.74) is 4.79. The average molecular weight is 396 g/mol. The minimum Gasteiger partial charge on any atom is -0.481 e. The maximum atomic E-state index is 14.5. The Morgan fingerprint density at radius 1 is 1.24 bits per heavy atom. The zero-order valence-corrected chi connectivity index (χ0v) is 17.6. The fraction of sp³-hybridized carbons (Fsp3) is 0.458. The fourth-order valence-electron chi connectivity index (χ4n) is 4.46. The number of likely N-dealkylation sites (tertiary alicyclic amines) is 1. The molecule has 1 aliphatic rings. The monoisotopic (exact) mass is 395 g/mol. The van der Waals surface area contributed by atoms with Crippen LogP contribution in [0.1, 0.15) is 49.7 Å². The number of nitrogens with one attached hydrogen (secondary N) is 1. The van der Waals surface area contributed by atoms with Crippen molar-refractivity contribution in [3.05, 3.63) is 47.4 Å². The highest BCUT2D eigenvalue weighted by atomic mass is 19.1. The zero-order valence-electron chi connectivity index (χ0n) is 17.6. The molecule has 154 valence electrons. The van der Waals surface area contributed by atoms with Crippen LogP contribution in [-0.2, 0) is 0 Å². The van der Waals surface area contributed by atoms with E-state index in [-0.39, 0.29) is 5.82 Å². The van der Waals surface area contributed by atoms with E-state index >= 15 is 0 Å². The molecule has 0 aliphatic carbocycles. The van der Waals surface area contributed by atoms with Crippen molar-refractivity contribution in [3.63, 3.8) is 0 Å². The Kier molecular flexibility index (Phi) is 5.86. The van der Waals surface area contributed by atoms with E-state index in [1.807, 2.05) is 0 Å². The lowest BCUT2D eigenvalue weighted by atomic mass is 9.88. The highest BCUT2D eigenvalue weighted by molar-refractivity contribution is 5.91. The topological polar surface area (TPSA) is 41.2 Å². The van der Waals surface area contributed by atoms with Gasteiger partial charge in [0.05, 0.1) is 19.0 Å². The molecule has 4 nitrogen and oxygen atoms in total. The second-order valence-electron chi connectivity index (χ2n) is 8.11. The molecule has 1 aromatic carbocycles. The molecule has 4 rings (SSSR count). The lowest BCUT2D eigenvalue weighted by Gasteiger charge is -2.32. The largest absolute Gasteiger partial charge is 0.481 e. The van der Waals surface area contributed by atoms with E-state index in [1.54, 1.807) is 13.2 Å². The molecule has 0 atom stereocenters. The number of hydrogen-bond donors (Lipinski definition) is 1. The Morgan fingerprint density at radius 3 is 2.76 bits per heavy atom. The first kappa shape index (κ1) is 19.9. The maximum absolute atomic E-state index is 14.5. The van der Waals surface area contributed by atoms with Gasteiger partial charge in [0.1, 0.15) is 0 Å². The van der Waals surface area contributed by atoms with Gasteiger partial charge in [-0.15, -0.1) is 0 Å². The van der Waals surface area contributed by atoms with Crippen molar-refractivity contribution in [1.82, 2.24) is 14.9 Å². The predicted molar refractivity (Wildman–Crippen MR) is 116 cm³/mol. The molecule has 1 N–H and O–H groups in total. The van der Waals surface area contributed by atoms with E-state index in [9.17, 15) is 4.39 Å². The molecule has 0 amide bonds. The number of rotatable bonds is 6. The molecule has 0 bridgehead atoms. The number of benzene rings is 1. The number of halogens is 1. The van der Waals surface area contributed by atoms with E-state index in [4.69, 9.17) is 4.74 Å². The molecule has 0 saturated carbocycles. The molecule has 5 heteroatoms. The van der Waals surface area contributed by atoms with E-state index in [0.29, 0.717) is 17.4 Å². The highest BCUT2D eigenvalue weighted by Gasteiger charge is 2.21. The standard InChI is InChI=1S/C24H30FN3O/c1-4-5-10-28-11-8-17(9-12-28)18-6-7-22-19(13-18)16(2)24(27-22)20-14-23(29-3)26-15-21(20)25/h6-7,13-15,17,27H,4-5,8-12H2,1-3H3. The van der Waals surface area contributed by atoms with E-state index in [1.165, 1.54) is 62.5 Å². The summed E-state index contributed by atoms with van der Waals surface area (Å²) in [6.45, 7) is 7.90. The summed E-state index contributed by atoms with van der Waals surface area (Å²) in [4.78, 5) is 9.95. The van der Waals surface area contributed by atoms with Crippen LogP contribution in [0.2, 0.25) is 0 Å². The van der Waals surface area contributed by atoms with Crippen LogP contribution < -0.4 is 4.74 Å². The smallest absolute Gasteiger partial charge is 0.213 e. The summed E-state index contributed by atoms with van der Waals surface area (Å²) in [5, 5.41) is 1.17. The van der Waals surface area contributed by atoms with Crippen molar-refractivity contribution in [2.24, 2.45) is 0 Å². The number of ether oxygens (including phenoxy) is 1. The van der Waals surface area contributed by atoms with Crippen molar-refractivity contribution in [2.45, 2.75) is 45.4 Å². The van der Waals surface area contributed by atoms with E-state index in [2.05, 4.69) is 46.9 Å². The van der Waals surface area contributed by atoms with Crippen LogP contribution in [0.3, 0.4) is 0 Å². The molecule has 29 heavy (non-hydrogen) atoms. The van der Waals surface area contributed by atoms with Crippen LogP contribution in [0.5, 0.6) is 5.88 Å². The number of aryl methyl sites for hydroxylation is 1. The number of aromatic nitrogens is 2. The molecule has 3 aromatic rings. The Hall–Kier alpha value is -2.40. The van der Waals surface area contributed by atoms with Gasteiger partial charge in [0.15, 0.2) is 5.82 Å². The molecule has 3 heterocycles. The third-order valence-corrected chi connectivity index (χ3v) is 6.28. The first-order valence-corrected chi connectivity index (χ1v) is 10.6. The lowest BCUT2D eigenvalue weighted by Crippen LogP contribution is -2.33. The number of unbranched alkanes of at least 4 members (excludes halogenated alkanes) is 1. The van der Waals surface area contributed by atoms with Crippen LogP contribution >= 0.6 is 0 Å². The van der Waals surface area contributed by atoms with Crippen molar-refractivity contribution in [1.29, 1.82) is 0 Å². The number of fused-ring (bicyclic) bond motifs is 1. The molecular weight excluding hydrogens is 365 g/mol. The van der Waals surface area contributed by atoms with Gasteiger partial charge in [-0.2, -0.15) is 0 Å². The quantitative estimate of drug-likeness (QED) is 0.585. The van der Waals surface area contributed by atoms with Crippen molar-refractivity contribution < 1.29 is 9.13 Å². The summed E-state index contributed by atoms with van der Waals surface area (Å²) in [5.74, 6) is 0.669. The maximum Gasteiger partial charge on any atom is 0.213 e. The van der Waals surface area contributed by atoms with Crippen LogP contribution in [0.4, 0.5) is 4.39 Å². The first-order chi connectivity index (χ1) is 14.1. The number of H-pyrrole nitrogens is 1. The van der Waals surface area contributed by atoms with Crippen molar-refractivity contribution in [2.75, 3.05) is 26.7 Å². The van der Waals surface area contributed by atoms with Gasteiger partial charge in [-0.3, -0.25) is 0 Å². The van der Waals surface area contributed by atoms with Crippen LogP contribution in [0.15, 0.2) is 30.5 Å². The van der Waals surface area contributed by atoms with Crippen molar-refractivity contribution >= 4 is 10.9 Å². The highest BCUT2D eigenvalue weighted by Crippen LogP contribution is 2.35. The van der Waals surface area contributed by atoms with Gasteiger partial charge in [-0.05, 0) is 75.0 Å². The van der Waals surface area contributed by atoms with Gasteiger partial charge in [-0.25, -0.2) is 9.37 Å². The Labute approximate surface area is 172 Å². The van der Waals surface area contributed by atoms with Crippen LogP contribution in [-0.4, -0.2) is 41.6 Å². The van der Waals surface area contributed by atoms with Gasteiger partial charge < -0.3 is 14.6 Å². The Bertz CT molecular complexity index is 989. The van der Waals surface area contributed by atoms with Gasteiger partial charge in [0, 0.05) is 22.5 Å². The summed E-state index contributed by atoms with van der Waals surface area (Å²) in [6.07, 6.45) is 6.19. The Morgan fingerprint density at radius 2 is 2.03 bits per heavy atom. The first-order valence-electron chi connectivity index (χ1n) is 10.6. The second-order valence-corrected chi connectivity index (χ2v) is 8.11. The number of aromatic amines is 1. The number of pyridine rings is 1. The average Bonchev–Trinajstić information content (AvgIpc) is 3.09. The molecule has 0 unspecified atom stereocenters. The second kappa shape index (κ2) is 8.54. The molecular formula is C24H30FN3O. The Balaban J connectivity index is 1.60. The van der Waals surface area contributed by atoms with Gasteiger partial charge in [0.2, 0.25) is 5.88 Å². The number of hydrogen-bond acceptors (Lipinski definition) is 3. The third-order valence-electron chi connectivity index (χ3n) is 6.28. The third kappa shape index (κ3) is 4.01. The molecule has 1 aliphatic heterocycles. The van der Waals surface area contributed by atoms with Gasteiger partial charge in [0.25, 0.3) is 0 Å². The lowest BCUT2D eigenvalue weighted by molar-refractivity contribution is 0.210. The van der Waals surface area contributed by atoms with Crippen LogP contribution in [0, 0.1) is 12.7 Å². The minimum atomic E-state index is -0.347. The summed E-state index contributed by atoms with van der Waals surface area (Å²) in [7, 11) is 1.54. The zero-order chi connectivity index (χ0) is 20.4. The fourth-order valence-corrected chi connectivity index (χ4v) is 4.46. The predicted octanol–water partition coefficient (Wildman–Crippen LogP) is 5.67. The molecule has 1 fully saturated rings. The minimum absolute atomic E-state index is 0.347. The summed E-state index contributed by atoms with van der Waals surface area (Å²) < 4.78 is 19.6. The van der Waals surface area contributed by atoms with Gasteiger partial charge >= 0.3 is 0 Å². The van der Waals surface area contributed by atoms with Crippen LogP contribution in [0.25, 0.3) is 22.2 Å². The molecule has 0 spiro atoms. The molecule has 2 aromatic heterocycles. The SMILES string of the molecule is CCCCN1CCC(c2ccc3[nH]c(-c4cc(OC)ncc4F)c(C)c3c2)CC1. The molecule has 0 radical (unpaired) electrons. The van der Waals surface area contributed by atoms with E-state index < -0.39 is 0 Å². The summed E-state index contributed by atoms with van der Waals surface area (Å²) in [6, 6.07) is 8.33. The van der Waals surface area contributed by atoms with Crippen molar-refractivity contribution in [3.8, 4) is 17.1 Å². The molecule has 1 saturated heterocycles. The number of piperidine rings is 1. The summed E-state index contributed by atoms with van der Waals surface area (Å²) >= 11 is 0. The normalized spacial score (nSPS) is 15.9. The number of nitrogens with zero attached hydrogens (tertiary/aromatic N) is 2. The number of methoxy groups -OCH3 is 1. The van der Waals surface area contributed by atoms with Gasteiger partial charge in [-0.1, -0.05) is 19.4 Å². The van der Waals surface area contributed by atoms with E-state index in [0.717, 1.165) is 16.8 Å².